The molecule has 2 fully saturated rings. The number of nitrogens with zero attached hydrogens (tertiary/aromatic N) is 1. The third-order valence-electron chi connectivity index (χ3n) is 3.35. The highest BCUT2D eigenvalue weighted by Crippen LogP contribution is 2.31. The average Bonchev–Trinajstić information content (AvgIpc) is 3.02. The molecular weight excluding hydrogens is 248 g/mol. The van der Waals surface area contributed by atoms with Gasteiger partial charge >= 0.3 is 0 Å². The molecule has 0 bridgehead atoms. The zero-order valence-electron chi connectivity index (χ0n) is 9.68. The lowest BCUT2D eigenvalue weighted by molar-refractivity contribution is 0.311. The van der Waals surface area contributed by atoms with Gasteiger partial charge in [0, 0.05) is 13.6 Å². The molecule has 1 saturated carbocycles. The quantitative estimate of drug-likeness (QED) is 0.822. The molecule has 2 aliphatic rings. The van der Waals surface area contributed by atoms with E-state index in [1.807, 2.05) is 0 Å². The maximum absolute atomic E-state index is 11.9. The monoisotopic (exact) mass is 268 g/mol. The van der Waals surface area contributed by atoms with Gasteiger partial charge in [0.25, 0.3) is 0 Å². The fraction of sp³-hybridized carbons (Fsp3) is 1.00. The van der Waals surface area contributed by atoms with Gasteiger partial charge < -0.3 is 5.32 Å². The van der Waals surface area contributed by atoms with Crippen LogP contribution < -0.4 is 5.32 Å². The highest BCUT2D eigenvalue weighted by molar-refractivity contribution is 7.90. The Hall–Kier alpha value is 0.160. The number of halogens is 1. The first-order valence-corrected chi connectivity index (χ1v) is 7.27. The number of hydrogen-bond donors (Lipinski definition) is 1. The smallest absolute Gasteiger partial charge is 0.216 e. The van der Waals surface area contributed by atoms with E-state index in [0.717, 1.165) is 38.8 Å². The topological polar surface area (TPSA) is 49.4 Å². The lowest BCUT2D eigenvalue weighted by atomic mass is 9.98. The predicted octanol–water partition coefficient (Wildman–Crippen LogP) is 0.832. The summed E-state index contributed by atoms with van der Waals surface area (Å²) in [6.07, 6.45) is 3.92. The van der Waals surface area contributed by atoms with Crippen LogP contribution in [0, 0.1) is 5.92 Å². The second-order valence-electron chi connectivity index (χ2n) is 4.72. The van der Waals surface area contributed by atoms with E-state index in [0.29, 0.717) is 12.5 Å². The molecule has 1 aliphatic heterocycles. The van der Waals surface area contributed by atoms with Crippen LogP contribution in [0.5, 0.6) is 0 Å². The van der Waals surface area contributed by atoms with E-state index in [9.17, 15) is 8.42 Å². The zero-order chi connectivity index (χ0) is 10.9. The van der Waals surface area contributed by atoms with Crippen molar-refractivity contribution in [3.63, 3.8) is 0 Å². The van der Waals surface area contributed by atoms with Crippen LogP contribution in [0.4, 0.5) is 0 Å². The number of piperidine rings is 1. The Labute approximate surface area is 104 Å². The maximum atomic E-state index is 11.9. The summed E-state index contributed by atoms with van der Waals surface area (Å²) in [4.78, 5) is 0. The van der Waals surface area contributed by atoms with E-state index in [1.54, 1.807) is 11.4 Å². The lowest BCUT2D eigenvalue weighted by Crippen LogP contribution is -2.38. The first kappa shape index (κ1) is 14.2. The third-order valence-corrected chi connectivity index (χ3v) is 5.69. The van der Waals surface area contributed by atoms with E-state index in [4.69, 9.17) is 0 Å². The van der Waals surface area contributed by atoms with Crippen LogP contribution in [-0.4, -0.2) is 44.7 Å². The van der Waals surface area contributed by atoms with Crippen molar-refractivity contribution in [2.45, 2.75) is 30.9 Å². The summed E-state index contributed by atoms with van der Waals surface area (Å²) >= 11 is 0. The number of nitrogens with one attached hydrogen (secondary N) is 1. The van der Waals surface area contributed by atoms with Gasteiger partial charge in [-0.3, -0.25) is 0 Å². The predicted molar refractivity (Wildman–Crippen MR) is 67.4 cm³/mol. The van der Waals surface area contributed by atoms with Crippen molar-refractivity contribution in [2.24, 2.45) is 5.92 Å². The van der Waals surface area contributed by atoms with Crippen molar-refractivity contribution < 1.29 is 8.42 Å². The van der Waals surface area contributed by atoms with Gasteiger partial charge in [0.1, 0.15) is 0 Å². The molecule has 0 radical (unpaired) electrons. The Morgan fingerprint density at radius 3 is 2.25 bits per heavy atom. The first-order chi connectivity index (χ1) is 7.10. The van der Waals surface area contributed by atoms with Crippen molar-refractivity contribution in [1.29, 1.82) is 0 Å². The van der Waals surface area contributed by atoms with Crippen molar-refractivity contribution in [3.8, 4) is 0 Å². The molecule has 0 aromatic heterocycles. The molecule has 0 amide bonds. The van der Waals surface area contributed by atoms with Gasteiger partial charge in [-0.15, -0.1) is 12.4 Å². The molecule has 0 aromatic rings. The molecule has 16 heavy (non-hydrogen) atoms. The Bertz CT molecular complexity index is 311. The van der Waals surface area contributed by atoms with Crippen molar-refractivity contribution >= 4 is 22.4 Å². The molecule has 1 heterocycles. The Morgan fingerprint density at radius 1 is 1.19 bits per heavy atom. The van der Waals surface area contributed by atoms with Gasteiger partial charge in [-0.1, -0.05) is 0 Å². The van der Waals surface area contributed by atoms with Gasteiger partial charge in [0.2, 0.25) is 10.0 Å². The molecule has 0 unspecified atom stereocenters. The van der Waals surface area contributed by atoms with Crippen LogP contribution in [-0.2, 0) is 10.0 Å². The summed E-state index contributed by atoms with van der Waals surface area (Å²) in [5.41, 5.74) is 0. The Balaban J connectivity index is 0.00000128. The minimum atomic E-state index is -2.95. The average molecular weight is 269 g/mol. The summed E-state index contributed by atoms with van der Waals surface area (Å²) in [5.74, 6) is 0.546. The molecular formula is C10H21ClN2O2S. The minimum Gasteiger partial charge on any atom is -0.317 e. The van der Waals surface area contributed by atoms with Crippen molar-refractivity contribution in [3.05, 3.63) is 0 Å². The van der Waals surface area contributed by atoms with Crippen LogP contribution in [0.25, 0.3) is 0 Å². The largest absolute Gasteiger partial charge is 0.317 e. The van der Waals surface area contributed by atoms with Gasteiger partial charge in [-0.25, -0.2) is 12.7 Å². The number of sulfonamides is 1. The van der Waals surface area contributed by atoms with Crippen LogP contribution in [0.15, 0.2) is 0 Å². The number of rotatable bonds is 4. The zero-order valence-corrected chi connectivity index (χ0v) is 11.3. The Morgan fingerprint density at radius 2 is 1.75 bits per heavy atom. The minimum absolute atomic E-state index is 0. The first-order valence-electron chi connectivity index (χ1n) is 5.76. The van der Waals surface area contributed by atoms with E-state index in [1.165, 1.54) is 0 Å². The van der Waals surface area contributed by atoms with E-state index >= 15 is 0 Å². The maximum Gasteiger partial charge on any atom is 0.216 e. The molecule has 0 spiro atoms. The molecule has 4 nitrogen and oxygen atoms in total. The van der Waals surface area contributed by atoms with Gasteiger partial charge in [-0.05, 0) is 44.7 Å². The molecule has 1 saturated heterocycles. The summed E-state index contributed by atoms with van der Waals surface area (Å²) in [6.45, 7) is 2.77. The van der Waals surface area contributed by atoms with E-state index < -0.39 is 10.0 Å². The summed E-state index contributed by atoms with van der Waals surface area (Å²) in [7, 11) is -1.22. The summed E-state index contributed by atoms with van der Waals surface area (Å²) in [5, 5.41) is 3.23. The van der Waals surface area contributed by atoms with Gasteiger partial charge in [-0.2, -0.15) is 0 Å². The lowest BCUT2D eigenvalue weighted by Gasteiger charge is -2.27. The van der Waals surface area contributed by atoms with E-state index in [-0.39, 0.29) is 17.7 Å². The standard InChI is InChI=1S/C10H20N2O2S.ClH/c1-12(15(13,14)10-2-3-10)8-9-4-6-11-7-5-9;/h9-11H,2-8H2,1H3;1H. The second-order valence-corrected chi connectivity index (χ2v) is 7.04. The summed E-state index contributed by atoms with van der Waals surface area (Å²) < 4.78 is 25.3. The highest BCUT2D eigenvalue weighted by Gasteiger charge is 2.39. The second kappa shape index (κ2) is 5.67. The van der Waals surface area contributed by atoms with Crippen LogP contribution in [0.3, 0.4) is 0 Å². The van der Waals surface area contributed by atoms with E-state index in [2.05, 4.69) is 5.32 Å². The molecule has 0 atom stereocenters. The fourth-order valence-corrected chi connectivity index (χ4v) is 3.81. The highest BCUT2D eigenvalue weighted by atomic mass is 35.5. The molecule has 96 valence electrons. The molecule has 2 rings (SSSR count). The van der Waals surface area contributed by atoms with Crippen LogP contribution in [0.2, 0.25) is 0 Å². The number of hydrogen-bond acceptors (Lipinski definition) is 3. The van der Waals surface area contributed by atoms with Crippen LogP contribution >= 0.6 is 12.4 Å². The fourth-order valence-electron chi connectivity index (χ4n) is 2.15. The SMILES string of the molecule is CN(CC1CCNCC1)S(=O)(=O)C1CC1.Cl. The van der Waals surface area contributed by atoms with Crippen molar-refractivity contribution in [2.75, 3.05) is 26.7 Å². The molecule has 6 heteroatoms. The van der Waals surface area contributed by atoms with Gasteiger partial charge in [0.15, 0.2) is 0 Å². The van der Waals surface area contributed by atoms with Gasteiger partial charge in [0.05, 0.1) is 5.25 Å². The Kier molecular flexibility index (Phi) is 5.04. The summed E-state index contributed by atoms with van der Waals surface area (Å²) in [6, 6.07) is 0. The molecule has 1 N–H and O–H groups in total. The molecule has 0 aromatic carbocycles. The van der Waals surface area contributed by atoms with Crippen molar-refractivity contribution in [1.82, 2.24) is 9.62 Å². The third kappa shape index (κ3) is 3.32. The normalized spacial score (nSPS) is 23.1. The van der Waals surface area contributed by atoms with Crippen LogP contribution in [0.1, 0.15) is 25.7 Å². The molecule has 1 aliphatic carbocycles.